The van der Waals surface area contributed by atoms with Crippen LogP contribution in [0.3, 0.4) is 0 Å². The van der Waals surface area contributed by atoms with Gasteiger partial charge < -0.3 is 9.80 Å². The largest absolute Gasteiger partial charge is 0.353 e. The Morgan fingerprint density at radius 2 is 1.93 bits per heavy atom. The van der Waals surface area contributed by atoms with Gasteiger partial charge >= 0.3 is 0 Å². The van der Waals surface area contributed by atoms with E-state index in [9.17, 15) is 4.79 Å². The lowest BCUT2D eigenvalue weighted by atomic mass is 10.0. The number of rotatable bonds is 4. The third-order valence-corrected chi connectivity index (χ3v) is 6.81. The molecule has 5 rings (SSSR count). The predicted molar refractivity (Wildman–Crippen MR) is 117 cm³/mol. The molecule has 0 bridgehead atoms. The molecule has 7 nitrogen and oxygen atoms in total. The average Bonchev–Trinajstić information content (AvgIpc) is 3.23. The maximum Gasteiger partial charge on any atom is 0.255 e. The van der Waals surface area contributed by atoms with Crippen molar-refractivity contribution < 1.29 is 4.79 Å². The number of anilines is 1. The summed E-state index contributed by atoms with van der Waals surface area (Å²) in [6.45, 7) is 6.13. The van der Waals surface area contributed by atoms with Crippen molar-refractivity contribution in [2.45, 2.75) is 6.42 Å². The number of pyridine rings is 1. The number of hydrogen-bond donors (Lipinski definition) is 0. The number of nitriles is 1. The first-order valence-corrected chi connectivity index (χ1v) is 11.0. The van der Waals surface area contributed by atoms with Crippen molar-refractivity contribution >= 4 is 33.3 Å². The topological polar surface area (TPSA) is 76.4 Å². The molecule has 2 aromatic heterocycles. The summed E-state index contributed by atoms with van der Waals surface area (Å²) in [5.74, 6) is 1.13. The molecule has 30 heavy (non-hydrogen) atoms. The fourth-order valence-electron chi connectivity index (χ4n) is 4.24. The van der Waals surface area contributed by atoms with Crippen molar-refractivity contribution in [1.82, 2.24) is 19.2 Å². The highest BCUT2D eigenvalue weighted by atomic mass is 32.1. The van der Waals surface area contributed by atoms with Crippen LogP contribution in [0.4, 0.5) is 5.82 Å². The van der Waals surface area contributed by atoms with Crippen LogP contribution in [0.2, 0.25) is 0 Å². The van der Waals surface area contributed by atoms with Gasteiger partial charge in [-0.1, -0.05) is 12.1 Å². The van der Waals surface area contributed by atoms with E-state index in [0.29, 0.717) is 17.8 Å². The van der Waals surface area contributed by atoms with Gasteiger partial charge in [0.25, 0.3) is 5.91 Å². The number of nitrogens with zero attached hydrogens (tertiary/aromatic N) is 6. The van der Waals surface area contributed by atoms with Crippen LogP contribution >= 0.6 is 11.5 Å². The summed E-state index contributed by atoms with van der Waals surface area (Å²) in [7, 11) is 0. The quantitative estimate of drug-likeness (QED) is 0.648. The van der Waals surface area contributed by atoms with Crippen LogP contribution in [0.1, 0.15) is 21.6 Å². The van der Waals surface area contributed by atoms with E-state index in [0.717, 1.165) is 57.1 Å². The molecule has 1 saturated heterocycles. The summed E-state index contributed by atoms with van der Waals surface area (Å²) in [6.07, 6.45) is 2.34. The van der Waals surface area contributed by atoms with Crippen LogP contribution in [0.5, 0.6) is 0 Å². The Labute approximate surface area is 179 Å². The van der Waals surface area contributed by atoms with Gasteiger partial charge in [-0.15, -0.1) is 0 Å². The molecule has 2 aliphatic heterocycles. The van der Waals surface area contributed by atoms with E-state index < -0.39 is 0 Å². The minimum atomic E-state index is 0.0285. The Balaban J connectivity index is 1.17. The highest BCUT2D eigenvalue weighted by molar-refractivity contribution is 7.13. The van der Waals surface area contributed by atoms with Gasteiger partial charge in [-0.2, -0.15) is 9.64 Å². The Morgan fingerprint density at radius 3 is 2.77 bits per heavy atom. The zero-order valence-electron chi connectivity index (χ0n) is 16.6. The summed E-state index contributed by atoms with van der Waals surface area (Å²) in [6, 6.07) is 12.2. The Hall–Kier alpha value is -3.02. The van der Waals surface area contributed by atoms with Crippen LogP contribution in [-0.4, -0.2) is 70.9 Å². The molecule has 0 atom stereocenters. The first kappa shape index (κ1) is 19.0. The molecule has 0 radical (unpaired) electrons. The second-order valence-electron chi connectivity index (χ2n) is 7.71. The SMILES string of the molecule is N#Cc1cc2c(cn1)C(=O)N(CCN1CCN(c3nsc4ccccc34)CC1)CC2. The molecule has 1 fully saturated rings. The zero-order chi connectivity index (χ0) is 20.5. The number of carbonyl (C=O) groups excluding carboxylic acids is 1. The first-order chi connectivity index (χ1) is 14.7. The van der Waals surface area contributed by atoms with E-state index in [1.807, 2.05) is 11.0 Å². The van der Waals surface area contributed by atoms with Crippen molar-refractivity contribution in [3.8, 4) is 6.07 Å². The maximum absolute atomic E-state index is 12.8. The molecular formula is C22H22N6OS. The van der Waals surface area contributed by atoms with Crippen LogP contribution < -0.4 is 4.90 Å². The molecule has 0 unspecified atom stereocenters. The third kappa shape index (κ3) is 3.51. The standard InChI is InChI=1S/C22H22N6OS/c23-14-17-13-16-5-6-28(22(29)19(16)15-24-17)12-9-26-7-10-27(11-8-26)21-18-3-1-2-4-20(18)30-25-21/h1-4,13,15H,5-12H2. The Morgan fingerprint density at radius 1 is 1.10 bits per heavy atom. The number of aromatic nitrogens is 2. The summed E-state index contributed by atoms with van der Waals surface area (Å²) < 4.78 is 5.91. The second-order valence-corrected chi connectivity index (χ2v) is 8.52. The van der Waals surface area contributed by atoms with E-state index in [1.54, 1.807) is 23.8 Å². The molecule has 0 saturated carbocycles. The van der Waals surface area contributed by atoms with E-state index in [1.165, 1.54) is 10.1 Å². The lowest BCUT2D eigenvalue weighted by molar-refractivity contribution is 0.0716. The van der Waals surface area contributed by atoms with Gasteiger partial charge in [0.15, 0.2) is 0 Å². The van der Waals surface area contributed by atoms with E-state index in [4.69, 9.17) is 5.26 Å². The predicted octanol–water partition coefficient (Wildman–Crippen LogP) is 2.38. The monoisotopic (exact) mass is 418 g/mol. The lowest BCUT2D eigenvalue weighted by Gasteiger charge is -2.36. The van der Waals surface area contributed by atoms with E-state index >= 15 is 0 Å². The molecular weight excluding hydrogens is 396 g/mol. The molecule has 3 aromatic rings. The first-order valence-electron chi connectivity index (χ1n) is 10.2. The number of piperazine rings is 1. The second kappa shape index (κ2) is 8.01. The maximum atomic E-state index is 12.8. The molecule has 1 aromatic carbocycles. The Kier molecular flexibility index (Phi) is 5.07. The summed E-state index contributed by atoms with van der Waals surface area (Å²) in [5, 5.41) is 10.2. The van der Waals surface area contributed by atoms with Crippen molar-refractivity contribution in [3.63, 3.8) is 0 Å². The summed E-state index contributed by atoms with van der Waals surface area (Å²) in [4.78, 5) is 23.6. The average molecular weight is 419 g/mol. The van der Waals surface area contributed by atoms with Gasteiger partial charge in [-0.25, -0.2) is 4.98 Å². The Bertz CT molecular complexity index is 1130. The van der Waals surface area contributed by atoms with Gasteiger partial charge in [0.2, 0.25) is 0 Å². The molecule has 0 N–H and O–H groups in total. The van der Waals surface area contributed by atoms with Gasteiger partial charge in [-0.3, -0.25) is 9.69 Å². The highest BCUT2D eigenvalue weighted by Gasteiger charge is 2.26. The number of benzene rings is 1. The minimum absolute atomic E-state index is 0.0285. The van der Waals surface area contributed by atoms with Crippen molar-refractivity contribution in [2.24, 2.45) is 0 Å². The molecule has 2 aliphatic rings. The van der Waals surface area contributed by atoms with E-state index in [2.05, 4.69) is 43.4 Å². The lowest BCUT2D eigenvalue weighted by Crippen LogP contribution is -2.50. The smallest absolute Gasteiger partial charge is 0.255 e. The number of fused-ring (bicyclic) bond motifs is 2. The van der Waals surface area contributed by atoms with Crippen LogP contribution in [0, 0.1) is 11.3 Å². The van der Waals surface area contributed by atoms with Gasteiger partial charge in [0.05, 0.1) is 10.3 Å². The van der Waals surface area contributed by atoms with Crippen molar-refractivity contribution in [1.29, 1.82) is 5.26 Å². The number of carbonyl (C=O) groups is 1. The molecule has 152 valence electrons. The number of hydrogen-bond acceptors (Lipinski definition) is 7. The van der Waals surface area contributed by atoms with E-state index in [-0.39, 0.29) is 5.91 Å². The highest BCUT2D eigenvalue weighted by Crippen LogP contribution is 2.29. The van der Waals surface area contributed by atoms with Crippen molar-refractivity contribution in [3.05, 3.63) is 53.3 Å². The number of amides is 1. The molecule has 1 amide bonds. The van der Waals surface area contributed by atoms with Crippen LogP contribution in [-0.2, 0) is 6.42 Å². The van der Waals surface area contributed by atoms with Gasteiger partial charge in [0, 0.05) is 57.4 Å². The van der Waals surface area contributed by atoms with Crippen molar-refractivity contribution in [2.75, 3.05) is 50.7 Å². The normalized spacial score (nSPS) is 17.2. The third-order valence-electron chi connectivity index (χ3n) is 5.99. The molecule has 4 heterocycles. The van der Waals surface area contributed by atoms with Gasteiger partial charge in [0.1, 0.15) is 17.6 Å². The van der Waals surface area contributed by atoms with Crippen LogP contribution in [0.25, 0.3) is 10.1 Å². The van der Waals surface area contributed by atoms with Gasteiger partial charge in [-0.05, 0) is 41.7 Å². The molecule has 0 aliphatic carbocycles. The molecule has 8 heteroatoms. The summed E-state index contributed by atoms with van der Waals surface area (Å²) in [5.41, 5.74) is 1.95. The molecule has 0 spiro atoms. The minimum Gasteiger partial charge on any atom is -0.353 e. The fourth-order valence-corrected chi connectivity index (χ4v) is 5.04. The summed E-state index contributed by atoms with van der Waals surface area (Å²) >= 11 is 1.56. The zero-order valence-corrected chi connectivity index (χ0v) is 17.4. The van der Waals surface area contributed by atoms with Crippen LogP contribution in [0.15, 0.2) is 36.5 Å². The fraction of sp³-hybridized carbons (Fsp3) is 0.364.